The third kappa shape index (κ3) is 4.34. The topological polar surface area (TPSA) is 56.1 Å². The molecule has 0 fully saturated rings. The van der Waals surface area contributed by atoms with E-state index in [9.17, 15) is 4.79 Å². The number of aromatic nitrogens is 2. The van der Waals surface area contributed by atoms with E-state index in [-0.39, 0.29) is 11.9 Å². The standard InChI is InChI=1S/C16H21N3O2/c1-3-21-15-8-5-4-7-14(15)12-17-16(20)11-13(2)19-10-6-9-18-19/h4-10,13H,3,11-12H2,1-2H3,(H,17,20)/t13-/m1/s1. The third-order valence-electron chi connectivity index (χ3n) is 3.21. The quantitative estimate of drug-likeness (QED) is 0.851. The van der Waals surface area contributed by atoms with Crippen molar-refractivity contribution in [1.82, 2.24) is 15.1 Å². The largest absolute Gasteiger partial charge is 0.494 e. The minimum atomic E-state index is 0.00398. The Morgan fingerprint density at radius 3 is 2.90 bits per heavy atom. The Morgan fingerprint density at radius 2 is 2.19 bits per heavy atom. The number of nitrogens with one attached hydrogen (secondary N) is 1. The first kappa shape index (κ1) is 15.1. The van der Waals surface area contributed by atoms with Gasteiger partial charge < -0.3 is 10.1 Å². The van der Waals surface area contributed by atoms with E-state index in [0.717, 1.165) is 11.3 Å². The van der Waals surface area contributed by atoms with Gasteiger partial charge in [0.15, 0.2) is 0 Å². The van der Waals surface area contributed by atoms with Crippen LogP contribution in [-0.2, 0) is 11.3 Å². The van der Waals surface area contributed by atoms with Crippen LogP contribution in [0.1, 0.15) is 31.9 Å². The lowest BCUT2D eigenvalue weighted by Gasteiger charge is -2.13. The average Bonchev–Trinajstić information content (AvgIpc) is 3.01. The van der Waals surface area contributed by atoms with Crippen molar-refractivity contribution in [3.05, 3.63) is 48.3 Å². The lowest BCUT2D eigenvalue weighted by molar-refractivity contribution is -0.122. The highest BCUT2D eigenvalue weighted by molar-refractivity contribution is 5.76. The van der Waals surface area contributed by atoms with E-state index >= 15 is 0 Å². The first-order chi connectivity index (χ1) is 10.2. The highest BCUT2D eigenvalue weighted by Crippen LogP contribution is 2.17. The van der Waals surface area contributed by atoms with Crippen LogP contribution in [0.3, 0.4) is 0 Å². The molecule has 5 heteroatoms. The fraction of sp³-hybridized carbons (Fsp3) is 0.375. The molecule has 0 aliphatic heterocycles. The lowest BCUT2D eigenvalue weighted by atomic mass is 10.2. The molecule has 0 saturated carbocycles. The number of carbonyl (C=O) groups excluding carboxylic acids is 1. The van der Waals surface area contributed by atoms with Gasteiger partial charge in [0.2, 0.25) is 5.91 Å². The number of rotatable bonds is 7. The van der Waals surface area contributed by atoms with Crippen LogP contribution in [0.15, 0.2) is 42.7 Å². The molecule has 0 spiro atoms. The second-order valence-electron chi connectivity index (χ2n) is 4.86. The van der Waals surface area contributed by atoms with Crippen LogP contribution < -0.4 is 10.1 Å². The van der Waals surface area contributed by atoms with Gasteiger partial charge in [0.25, 0.3) is 0 Å². The normalized spacial score (nSPS) is 11.9. The zero-order valence-corrected chi connectivity index (χ0v) is 12.5. The van der Waals surface area contributed by atoms with Gasteiger partial charge in [-0.2, -0.15) is 5.10 Å². The molecule has 2 aromatic rings. The van der Waals surface area contributed by atoms with E-state index in [4.69, 9.17) is 4.74 Å². The molecule has 112 valence electrons. The van der Waals surface area contributed by atoms with Crippen LogP contribution in [0.4, 0.5) is 0 Å². The smallest absolute Gasteiger partial charge is 0.222 e. The number of hydrogen-bond donors (Lipinski definition) is 1. The second kappa shape index (κ2) is 7.47. The number of nitrogens with zero attached hydrogens (tertiary/aromatic N) is 2. The predicted molar refractivity (Wildman–Crippen MR) is 81.0 cm³/mol. The molecule has 0 saturated heterocycles. The maximum absolute atomic E-state index is 12.0. The van der Waals surface area contributed by atoms with E-state index in [1.165, 1.54) is 0 Å². The van der Waals surface area contributed by atoms with E-state index in [2.05, 4.69) is 10.4 Å². The van der Waals surface area contributed by atoms with Gasteiger partial charge in [-0.05, 0) is 26.0 Å². The highest BCUT2D eigenvalue weighted by atomic mass is 16.5. The Bertz CT molecular complexity index is 567. The minimum absolute atomic E-state index is 0.00398. The Kier molecular flexibility index (Phi) is 5.37. The average molecular weight is 287 g/mol. The Balaban J connectivity index is 1.86. The Morgan fingerprint density at radius 1 is 1.38 bits per heavy atom. The summed E-state index contributed by atoms with van der Waals surface area (Å²) in [6.07, 6.45) is 3.98. The molecule has 1 aromatic carbocycles. The van der Waals surface area contributed by atoms with Crippen LogP contribution in [0.25, 0.3) is 0 Å². The monoisotopic (exact) mass is 287 g/mol. The van der Waals surface area contributed by atoms with Crippen molar-refractivity contribution in [3.8, 4) is 5.75 Å². The van der Waals surface area contributed by atoms with Gasteiger partial charge in [0, 0.05) is 30.9 Å². The van der Waals surface area contributed by atoms with Crippen molar-refractivity contribution in [2.45, 2.75) is 32.9 Å². The zero-order valence-electron chi connectivity index (χ0n) is 12.5. The van der Waals surface area contributed by atoms with Gasteiger partial charge in [-0.25, -0.2) is 0 Å². The summed E-state index contributed by atoms with van der Waals surface area (Å²) in [5.74, 6) is 0.824. The summed E-state index contributed by atoms with van der Waals surface area (Å²) >= 11 is 0. The molecule has 1 atom stereocenters. The first-order valence-corrected chi connectivity index (χ1v) is 7.17. The molecule has 0 unspecified atom stereocenters. The molecule has 1 heterocycles. The van der Waals surface area contributed by atoms with Crippen LogP contribution in [0, 0.1) is 0 Å². The maximum atomic E-state index is 12.0. The molecule has 21 heavy (non-hydrogen) atoms. The van der Waals surface area contributed by atoms with Crippen molar-refractivity contribution >= 4 is 5.91 Å². The molecular weight excluding hydrogens is 266 g/mol. The number of hydrogen-bond acceptors (Lipinski definition) is 3. The van der Waals surface area contributed by atoms with E-state index in [1.54, 1.807) is 10.9 Å². The van der Waals surface area contributed by atoms with Gasteiger partial charge in [0.05, 0.1) is 12.6 Å². The molecule has 2 rings (SSSR count). The summed E-state index contributed by atoms with van der Waals surface area (Å²) in [6, 6.07) is 9.64. The number of amides is 1. The van der Waals surface area contributed by atoms with Crippen molar-refractivity contribution in [2.75, 3.05) is 6.61 Å². The summed E-state index contributed by atoms with van der Waals surface area (Å²) in [5.41, 5.74) is 0.986. The van der Waals surface area contributed by atoms with Crippen LogP contribution in [0.5, 0.6) is 5.75 Å². The van der Waals surface area contributed by atoms with Crippen molar-refractivity contribution in [1.29, 1.82) is 0 Å². The van der Waals surface area contributed by atoms with Crippen molar-refractivity contribution < 1.29 is 9.53 Å². The first-order valence-electron chi connectivity index (χ1n) is 7.17. The molecular formula is C16H21N3O2. The molecule has 1 amide bonds. The number of benzene rings is 1. The molecule has 0 aliphatic rings. The Labute approximate surface area is 124 Å². The molecule has 5 nitrogen and oxygen atoms in total. The van der Waals surface area contributed by atoms with E-state index < -0.39 is 0 Å². The summed E-state index contributed by atoms with van der Waals surface area (Å²) in [7, 11) is 0. The number of para-hydroxylation sites is 1. The van der Waals surface area contributed by atoms with Gasteiger partial charge in [-0.15, -0.1) is 0 Å². The number of ether oxygens (including phenoxy) is 1. The molecule has 1 N–H and O–H groups in total. The molecule has 1 aromatic heterocycles. The highest BCUT2D eigenvalue weighted by Gasteiger charge is 2.11. The van der Waals surface area contributed by atoms with Crippen LogP contribution in [-0.4, -0.2) is 22.3 Å². The van der Waals surface area contributed by atoms with Crippen molar-refractivity contribution in [2.24, 2.45) is 0 Å². The lowest BCUT2D eigenvalue weighted by Crippen LogP contribution is -2.25. The predicted octanol–water partition coefficient (Wildman–Crippen LogP) is 2.55. The zero-order chi connectivity index (χ0) is 15.1. The second-order valence-corrected chi connectivity index (χ2v) is 4.86. The Hall–Kier alpha value is -2.30. The molecule has 0 bridgehead atoms. The summed E-state index contributed by atoms with van der Waals surface area (Å²) in [4.78, 5) is 12.0. The van der Waals surface area contributed by atoms with Gasteiger partial charge in [0.1, 0.15) is 5.75 Å². The summed E-state index contributed by atoms with van der Waals surface area (Å²) < 4.78 is 7.33. The van der Waals surface area contributed by atoms with Crippen LogP contribution >= 0.6 is 0 Å². The van der Waals surface area contributed by atoms with Gasteiger partial charge >= 0.3 is 0 Å². The van der Waals surface area contributed by atoms with E-state index in [1.807, 2.05) is 50.4 Å². The SMILES string of the molecule is CCOc1ccccc1CNC(=O)C[C@@H](C)n1cccn1. The van der Waals surface area contributed by atoms with Gasteiger partial charge in [-0.1, -0.05) is 18.2 Å². The third-order valence-corrected chi connectivity index (χ3v) is 3.21. The van der Waals surface area contributed by atoms with Gasteiger partial charge in [-0.3, -0.25) is 9.48 Å². The summed E-state index contributed by atoms with van der Waals surface area (Å²) in [5, 5.41) is 7.07. The van der Waals surface area contributed by atoms with Crippen molar-refractivity contribution in [3.63, 3.8) is 0 Å². The molecule has 0 aliphatic carbocycles. The fourth-order valence-corrected chi connectivity index (χ4v) is 2.12. The fourth-order valence-electron chi connectivity index (χ4n) is 2.12. The minimum Gasteiger partial charge on any atom is -0.494 e. The summed E-state index contributed by atoms with van der Waals surface area (Å²) in [6.45, 7) is 5.00. The van der Waals surface area contributed by atoms with Crippen LogP contribution in [0.2, 0.25) is 0 Å². The maximum Gasteiger partial charge on any atom is 0.222 e. The number of carbonyl (C=O) groups is 1. The van der Waals surface area contributed by atoms with E-state index in [0.29, 0.717) is 19.6 Å². The molecule has 0 radical (unpaired) electrons.